The van der Waals surface area contributed by atoms with Crippen molar-refractivity contribution in [2.75, 3.05) is 13.1 Å². The molecule has 1 aliphatic rings. The topological polar surface area (TPSA) is 71.8 Å². The SMILES string of the molecule is CC1CN(Cc2ccc(CNC(=O)c3cnn4c(-c5ccccc5)ccnc34)cc2)CC(C)O1. The third-order valence-corrected chi connectivity index (χ3v) is 6.09. The first-order chi connectivity index (χ1) is 16.6. The van der Waals surface area contributed by atoms with Gasteiger partial charge in [-0.2, -0.15) is 5.10 Å². The largest absolute Gasteiger partial charge is 0.373 e. The highest BCUT2D eigenvalue weighted by Gasteiger charge is 2.22. The molecule has 1 amide bonds. The van der Waals surface area contributed by atoms with Crippen molar-refractivity contribution < 1.29 is 9.53 Å². The number of ether oxygens (including phenoxy) is 1. The maximum atomic E-state index is 12.9. The minimum atomic E-state index is -0.187. The number of amides is 1. The maximum Gasteiger partial charge on any atom is 0.257 e. The van der Waals surface area contributed by atoms with E-state index in [1.807, 2.05) is 36.4 Å². The lowest BCUT2D eigenvalue weighted by molar-refractivity contribution is -0.0704. The summed E-state index contributed by atoms with van der Waals surface area (Å²) in [6.45, 7) is 7.49. The molecule has 2 aromatic carbocycles. The summed E-state index contributed by atoms with van der Waals surface area (Å²) in [4.78, 5) is 19.7. The third kappa shape index (κ3) is 4.85. The molecule has 1 fully saturated rings. The van der Waals surface area contributed by atoms with Crippen molar-refractivity contribution in [3.63, 3.8) is 0 Å². The van der Waals surface area contributed by atoms with Crippen LogP contribution >= 0.6 is 0 Å². The van der Waals surface area contributed by atoms with Crippen LogP contribution in [0.15, 0.2) is 73.1 Å². The molecule has 1 aliphatic heterocycles. The summed E-state index contributed by atoms with van der Waals surface area (Å²) in [6.07, 6.45) is 3.82. The molecule has 0 spiro atoms. The quantitative estimate of drug-likeness (QED) is 0.477. The second-order valence-corrected chi connectivity index (χ2v) is 8.94. The van der Waals surface area contributed by atoms with Crippen molar-refractivity contribution >= 4 is 11.6 Å². The van der Waals surface area contributed by atoms with E-state index in [4.69, 9.17) is 4.74 Å². The van der Waals surface area contributed by atoms with E-state index >= 15 is 0 Å². The van der Waals surface area contributed by atoms with Gasteiger partial charge in [0.1, 0.15) is 5.56 Å². The minimum Gasteiger partial charge on any atom is -0.373 e. The highest BCUT2D eigenvalue weighted by atomic mass is 16.5. The zero-order valence-corrected chi connectivity index (χ0v) is 19.5. The number of fused-ring (bicyclic) bond motifs is 1. The van der Waals surface area contributed by atoms with Gasteiger partial charge in [0, 0.05) is 37.9 Å². The standard InChI is InChI=1S/C27H29N5O2/c1-19-16-31(17-20(2)34-19)18-22-10-8-21(9-11-22)14-29-27(33)24-15-30-32-25(12-13-28-26(24)32)23-6-4-3-5-7-23/h3-13,15,19-20H,14,16-18H2,1-2H3,(H,29,33). The predicted molar refractivity (Wildman–Crippen MR) is 131 cm³/mol. The Hall–Kier alpha value is -3.55. The summed E-state index contributed by atoms with van der Waals surface area (Å²) < 4.78 is 7.54. The van der Waals surface area contributed by atoms with Crippen LogP contribution in [0.3, 0.4) is 0 Å². The smallest absolute Gasteiger partial charge is 0.257 e. The van der Waals surface area contributed by atoms with Crippen LogP contribution in [-0.4, -0.2) is 50.7 Å². The van der Waals surface area contributed by atoms with Crippen molar-refractivity contribution in [1.29, 1.82) is 0 Å². The Morgan fingerprint density at radius 3 is 2.44 bits per heavy atom. The van der Waals surface area contributed by atoms with E-state index in [-0.39, 0.29) is 18.1 Å². The first-order valence-corrected chi connectivity index (χ1v) is 11.7. The van der Waals surface area contributed by atoms with Gasteiger partial charge in [0.15, 0.2) is 5.65 Å². The van der Waals surface area contributed by atoms with Gasteiger partial charge in [-0.3, -0.25) is 9.69 Å². The van der Waals surface area contributed by atoms with Gasteiger partial charge in [0.05, 0.1) is 24.1 Å². The fourth-order valence-corrected chi connectivity index (χ4v) is 4.59. The Balaban J connectivity index is 1.23. The molecule has 2 atom stereocenters. The lowest BCUT2D eigenvalue weighted by Gasteiger charge is -2.35. The zero-order chi connectivity index (χ0) is 23.5. The number of hydrogen-bond donors (Lipinski definition) is 1. The highest BCUT2D eigenvalue weighted by molar-refractivity contribution is 5.99. The van der Waals surface area contributed by atoms with Gasteiger partial charge >= 0.3 is 0 Å². The third-order valence-electron chi connectivity index (χ3n) is 6.09. The van der Waals surface area contributed by atoms with Crippen molar-refractivity contribution in [3.8, 4) is 11.3 Å². The van der Waals surface area contributed by atoms with Gasteiger partial charge in [-0.15, -0.1) is 0 Å². The van der Waals surface area contributed by atoms with Crippen LogP contribution in [0, 0.1) is 0 Å². The Bertz CT molecular complexity index is 1260. The molecular weight excluding hydrogens is 426 g/mol. The summed E-state index contributed by atoms with van der Waals surface area (Å²) in [5.74, 6) is -0.187. The summed E-state index contributed by atoms with van der Waals surface area (Å²) in [5.41, 5.74) is 5.23. The van der Waals surface area contributed by atoms with Gasteiger partial charge in [-0.05, 0) is 31.0 Å². The number of hydrogen-bond acceptors (Lipinski definition) is 5. The van der Waals surface area contributed by atoms with Crippen molar-refractivity contribution in [2.45, 2.75) is 39.1 Å². The molecule has 2 aromatic heterocycles. The van der Waals surface area contributed by atoms with Gasteiger partial charge < -0.3 is 10.1 Å². The number of benzene rings is 2. The first kappa shape index (κ1) is 22.3. The zero-order valence-electron chi connectivity index (χ0n) is 19.5. The van der Waals surface area contributed by atoms with Gasteiger partial charge in [0.25, 0.3) is 5.91 Å². The van der Waals surface area contributed by atoms with Gasteiger partial charge in [-0.25, -0.2) is 9.50 Å². The maximum absolute atomic E-state index is 12.9. The molecule has 2 unspecified atom stereocenters. The van der Waals surface area contributed by atoms with Crippen LogP contribution < -0.4 is 5.32 Å². The molecule has 4 aromatic rings. The number of carbonyl (C=O) groups excluding carboxylic acids is 1. The number of aromatic nitrogens is 3. The van der Waals surface area contributed by atoms with Crippen LogP contribution in [0.2, 0.25) is 0 Å². The molecule has 0 bridgehead atoms. The molecular formula is C27H29N5O2. The van der Waals surface area contributed by atoms with Gasteiger partial charge in [-0.1, -0.05) is 54.6 Å². The van der Waals surface area contributed by atoms with Crippen molar-refractivity contribution in [2.24, 2.45) is 0 Å². The average molecular weight is 456 g/mol. The Morgan fingerprint density at radius 2 is 1.71 bits per heavy atom. The summed E-state index contributed by atoms with van der Waals surface area (Å²) in [5, 5.41) is 7.43. The van der Waals surface area contributed by atoms with Gasteiger partial charge in [0.2, 0.25) is 0 Å². The average Bonchev–Trinajstić information content (AvgIpc) is 3.28. The molecule has 0 radical (unpaired) electrons. The normalized spacial score (nSPS) is 18.8. The van der Waals surface area contributed by atoms with Crippen LogP contribution in [0.4, 0.5) is 0 Å². The van der Waals surface area contributed by atoms with Crippen LogP contribution in [0.5, 0.6) is 0 Å². The van der Waals surface area contributed by atoms with E-state index in [0.717, 1.165) is 36.5 Å². The first-order valence-electron chi connectivity index (χ1n) is 11.7. The van der Waals surface area contributed by atoms with E-state index in [9.17, 15) is 4.79 Å². The van der Waals surface area contributed by atoms with Crippen LogP contribution in [-0.2, 0) is 17.8 Å². The number of nitrogens with one attached hydrogen (secondary N) is 1. The Morgan fingerprint density at radius 1 is 1.00 bits per heavy atom. The lowest BCUT2D eigenvalue weighted by atomic mass is 10.1. The second kappa shape index (κ2) is 9.75. The summed E-state index contributed by atoms with van der Waals surface area (Å²) >= 11 is 0. The molecule has 7 heteroatoms. The number of rotatable bonds is 6. The monoisotopic (exact) mass is 455 g/mol. The molecule has 34 heavy (non-hydrogen) atoms. The van der Waals surface area contributed by atoms with Crippen molar-refractivity contribution in [1.82, 2.24) is 24.8 Å². The van der Waals surface area contributed by atoms with E-state index < -0.39 is 0 Å². The van der Waals surface area contributed by atoms with E-state index in [1.54, 1.807) is 16.9 Å². The summed E-state index contributed by atoms with van der Waals surface area (Å²) in [6, 6.07) is 20.3. The molecule has 5 rings (SSSR count). The van der Waals surface area contributed by atoms with E-state index in [2.05, 4.69) is 58.4 Å². The van der Waals surface area contributed by atoms with E-state index in [1.165, 1.54) is 5.56 Å². The molecule has 174 valence electrons. The Kier molecular flexibility index (Phi) is 6.38. The molecule has 7 nitrogen and oxygen atoms in total. The minimum absolute atomic E-state index is 0.187. The predicted octanol–water partition coefficient (Wildman–Crippen LogP) is 3.94. The van der Waals surface area contributed by atoms with Crippen LogP contribution in [0.1, 0.15) is 35.3 Å². The van der Waals surface area contributed by atoms with E-state index in [0.29, 0.717) is 17.8 Å². The lowest BCUT2D eigenvalue weighted by Crippen LogP contribution is -2.44. The highest BCUT2D eigenvalue weighted by Crippen LogP contribution is 2.21. The summed E-state index contributed by atoms with van der Waals surface area (Å²) in [7, 11) is 0. The second-order valence-electron chi connectivity index (χ2n) is 8.94. The van der Waals surface area contributed by atoms with Crippen LogP contribution in [0.25, 0.3) is 16.9 Å². The molecule has 0 aliphatic carbocycles. The number of nitrogens with zero attached hydrogens (tertiary/aromatic N) is 4. The molecule has 3 heterocycles. The number of morpholine rings is 1. The van der Waals surface area contributed by atoms with Crippen molar-refractivity contribution in [3.05, 3.63) is 89.7 Å². The fraction of sp³-hybridized carbons (Fsp3) is 0.296. The molecule has 1 N–H and O–H groups in total. The number of carbonyl (C=O) groups is 1. The molecule has 1 saturated heterocycles. The molecule has 0 saturated carbocycles. The fourth-order valence-electron chi connectivity index (χ4n) is 4.59. The Labute approximate surface area is 199 Å².